The molecule has 0 saturated carbocycles. The minimum atomic E-state index is -3.67. The van der Waals surface area contributed by atoms with Crippen molar-refractivity contribution in [2.75, 3.05) is 6.54 Å². The molecule has 0 spiro atoms. The number of H-pyrrole nitrogens is 1. The first-order valence-electron chi connectivity index (χ1n) is 7.71. The van der Waals surface area contributed by atoms with E-state index >= 15 is 0 Å². The molecule has 0 radical (unpaired) electrons. The lowest BCUT2D eigenvalue weighted by atomic mass is 9.85. The molecule has 2 aromatic carbocycles. The third kappa shape index (κ3) is 3.71. The fourth-order valence-electron chi connectivity index (χ4n) is 2.75. The quantitative estimate of drug-likeness (QED) is 0.696. The molecule has 4 nitrogen and oxygen atoms in total. The number of benzene rings is 2. The van der Waals surface area contributed by atoms with Crippen molar-refractivity contribution in [3.05, 3.63) is 65.1 Å². The smallest absolute Gasteiger partial charge is 0.240 e. The van der Waals surface area contributed by atoms with E-state index in [-0.39, 0.29) is 17.3 Å². The molecule has 0 atom stereocenters. The standard InChI is InChI=1S/C18H18ClFN2O2S/c1-18(2,16-10-21-17-9-13(20)6-7-15(16)17)11-22-25(23,24)14-5-3-4-12(19)8-14/h3-10,21-22H,11H2,1-2H3. The number of halogens is 2. The largest absolute Gasteiger partial charge is 0.361 e. The summed E-state index contributed by atoms with van der Waals surface area (Å²) in [6.07, 6.45) is 1.79. The molecule has 0 aliphatic carbocycles. The predicted molar refractivity (Wildman–Crippen MR) is 97.9 cm³/mol. The van der Waals surface area contributed by atoms with E-state index in [9.17, 15) is 12.8 Å². The van der Waals surface area contributed by atoms with E-state index < -0.39 is 15.4 Å². The average molecular weight is 381 g/mol. The van der Waals surface area contributed by atoms with Gasteiger partial charge in [-0.25, -0.2) is 17.5 Å². The van der Waals surface area contributed by atoms with Crippen LogP contribution in [0, 0.1) is 5.82 Å². The summed E-state index contributed by atoms with van der Waals surface area (Å²) in [4.78, 5) is 3.16. The number of hydrogen-bond donors (Lipinski definition) is 2. The van der Waals surface area contributed by atoms with Crippen molar-refractivity contribution in [2.45, 2.75) is 24.2 Å². The fraction of sp³-hybridized carbons (Fsp3) is 0.222. The van der Waals surface area contributed by atoms with Gasteiger partial charge in [0.25, 0.3) is 0 Å². The molecular formula is C18H18ClFN2O2S. The van der Waals surface area contributed by atoms with Crippen molar-refractivity contribution in [3.8, 4) is 0 Å². The molecule has 0 unspecified atom stereocenters. The van der Waals surface area contributed by atoms with E-state index in [2.05, 4.69) is 9.71 Å². The van der Waals surface area contributed by atoms with Gasteiger partial charge in [0.05, 0.1) is 4.90 Å². The van der Waals surface area contributed by atoms with Gasteiger partial charge in [0.1, 0.15) is 5.82 Å². The molecule has 0 aliphatic rings. The van der Waals surface area contributed by atoms with E-state index in [1.165, 1.54) is 24.3 Å². The number of hydrogen-bond acceptors (Lipinski definition) is 2. The summed E-state index contributed by atoms with van der Waals surface area (Å²) >= 11 is 5.87. The zero-order valence-corrected chi connectivity index (χ0v) is 15.4. The highest BCUT2D eigenvalue weighted by atomic mass is 35.5. The molecule has 3 rings (SSSR count). The molecule has 0 saturated heterocycles. The van der Waals surface area contributed by atoms with Crippen LogP contribution in [0.3, 0.4) is 0 Å². The highest BCUT2D eigenvalue weighted by Gasteiger charge is 2.27. The second kappa shape index (κ2) is 6.44. The highest BCUT2D eigenvalue weighted by Crippen LogP contribution is 2.30. The lowest BCUT2D eigenvalue weighted by Crippen LogP contribution is -2.36. The molecule has 1 heterocycles. The van der Waals surface area contributed by atoms with Crippen LogP contribution >= 0.6 is 11.6 Å². The van der Waals surface area contributed by atoms with Crippen molar-refractivity contribution in [3.63, 3.8) is 0 Å². The Morgan fingerprint density at radius 1 is 1.20 bits per heavy atom. The minimum absolute atomic E-state index is 0.122. The monoisotopic (exact) mass is 380 g/mol. The minimum Gasteiger partial charge on any atom is -0.361 e. The van der Waals surface area contributed by atoms with Crippen molar-refractivity contribution in [2.24, 2.45) is 0 Å². The second-order valence-electron chi connectivity index (χ2n) is 6.56. The predicted octanol–water partition coefficient (Wildman–Crippen LogP) is 4.22. The summed E-state index contributed by atoms with van der Waals surface area (Å²) in [5, 5.41) is 1.23. The fourth-order valence-corrected chi connectivity index (χ4v) is 4.26. The van der Waals surface area contributed by atoms with E-state index in [0.29, 0.717) is 10.5 Å². The Balaban J connectivity index is 1.86. The van der Waals surface area contributed by atoms with E-state index in [1.807, 2.05) is 13.8 Å². The van der Waals surface area contributed by atoms with Gasteiger partial charge < -0.3 is 4.98 Å². The molecule has 0 amide bonds. The Bertz CT molecular complexity index is 1030. The Labute approximate surface area is 151 Å². The Kier molecular flexibility index (Phi) is 4.62. The van der Waals surface area contributed by atoms with Crippen LogP contribution in [-0.4, -0.2) is 19.9 Å². The number of aromatic amines is 1. The number of sulfonamides is 1. The first kappa shape index (κ1) is 17.9. The third-order valence-corrected chi connectivity index (χ3v) is 5.82. The molecule has 0 bridgehead atoms. The molecule has 132 valence electrons. The maximum absolute atomic E-state index is 13.3. The van der Waals surface area contributed by atoms with Crippen LogP contribution in [0.25, 0.3) is 10.9 Å². The van der Waals surface area contributed by atoms with Crippen LogP contribution in [0.2, 0.25) is 5.02 Å². The lowest BCUT2D eigenvalue weighted by molar-refractivity contribution is 0.504. The second-order valence-corrected chi connectivity index (χ2v) is 8.76. The van der Waals surface area contributed by atoms with Crippen molar-refractivity contribution < 1.29 is 12.8 Å². The summed E-state index contributed by atoms with van der Waals surface area (Å²) in [6, 6.07) is 10.6. The van der Waals surface area contributed by atoms with Gasteiger partial charge in [-0.1, -0.05) is 31.5 Å². The van der Waals surface area contributed by atoms with Crippen LogP contribution in [0.15, 0.2) is 53.6 Å². The molecule has 0 aliphatic heterocycles. The molecule has 1 aromatic heterocycles. The van der Waals surface area contributed by atoms with Gasteiger partial charge in [-0.05, 0) is 42.0 Å². The van der Waals surface area contributed by atoms with Gasteiger partial charge in [0.2, 0.25) is 10.0 Å². The Hall–Kier alpha value is -1.89. The van der Waals surface area contributed by atoms with Crippen molar-refractivity contribution in [1.29, 1.82) is 0 Å². The molecule has 2 N–H and O–H groups in total. The Morgan fingerprint density at radius 3 is 2.68 bits per heavy atom. The number of rotatable bonds is 5. The zero-order chi connectivity index (χ0) is 18.2. The number of aromatic nitrogens is 1. The lowest BCUT2D eigenvalue weighted by Gasteiger charge is -2.25. The molecule has 0 fully saturated rings. The van der Waals surface area contributed by atoms with E-state index in [0.717, 1.165) is 10.9 Å². The van der Waals surface area contributed by atoms with Gasteiger partial charge in [-0.15, -0.1) is 0 Å². The topological polar surface area (TPSA) is 62.0 Å². The SMILES string of the molecule is CC(C)(CNS(=O)(=O)c1cccc(Cl)c1)c1c[nH]c2cc(F)ccc12. The van der Waals surface area contributed by atoms with Crippen LogP contribution in [-0.2, 0) is 15.4 Å². The number of fused-ring (bicyclic) bond motifs is 1. The van der Waals surface area contributed by atoms with Gasteiger partial charge >= 0.3 is 0 Å². The van der Waals surface area contributed by atoms with E-state index in [1.54, 1.807) is 24.4 Å². The van der Waals surface area contributed by atoms with Crippen LogP contribution < -0.4 is 4.72 Å². The summed E-state index contributed by atoms with van der Waals surface area (Å²) in [7, 11) is -3.67. The summed E-state index contributed by atoms with van der Waals surface area (Å²) in [6.45, 7) is 4.05. The summed E-state index contributed by atoms with van der Waals surface area (Å²) in [5.74, 6) is -0.319. The first-order valence-corrected chi connectivity index (χ1v) is 9.57. The average Bonchev–Trinajstić information content (AvgIpc) is 2.97. The molecular weight excluding hydrogens is 363 g/mol. The summed E-state index contributed by atoms with van der Waals surface area (Å²) in [5.41, 5.74) is 1.10. The molecule has 7 heteroatoms. The highest BCUT2D eigenvalue weighted by molar-refractivity contribution is 7.89. The van der Waals surface area contributed by atoms with Gasteiger partial charge in [0, 0.05) is 34.1 Å². The maximum atomic E-state index is 13.3. The first-order chi connectivity index (χ1) is 11.7. The maximum Gasteiger partial charge on any atom is 0.240 e. The summed E-state index contributed by atoms with van der Waals surface area (Å²) < 4.78 is 40.9. The number of nitrogens with one attached hydrogen (secondary N) is 2. The zero-order valence-electron chi connectivity index (χ0n) is 13.8. The van der Waals surface area contributed by atoms with E-state index in [4.69, 9.17) is 11.6 Å². The third-order valence-electron chi connectivity index (χ3n) is 4.18. The van der Waals surface area contributed by atoms with Crippen molar-refractivity contribution in [1.82, 2.24) is 9.71 Å². The van der Waals surface area contributed by atoms with Gasteiger partial charge in [-0.2, -0.15) is 0 Å². The van der Waals surface area contributed by atoms with Gasteiger partial charge in [-0.3, -0.25) is 0 Å². The molecule has 3 aromatic rings. The van der Waals surface area contributed by atoms with Crippen LogP contribution in [0.1, 0.15) is 19.4 Å². The molecule has 25 heavy (non-hydrogen) atoms. The normalized spacial score (nSPS) is 12.6. The van der Waals surface area contributed by atoms with Gasteiger partial charge in [0.15, 0.2) is 0 Å². The van der Waals surface area contributed by atoms with Crippen LogP contribution in [0.5, 0.6) is 0 Å². The van der Waals surface area contributed by atoms with Crippen LogP contribution in [0.4, 0.5) is 4.39 Å². The Morgan fingerprint density at radius 2 is 1.96 bits per heavy atom. The van der Waals surface area contributed by atoms with Crippen molar-refractivity contribution >= 4 is 32.5 Å².